The van der Waals surface area contributed by atoms with Crippen LogP contribution in [0.5, 0.6) is 0 Å². The average Bonchev–Trinajstić information content (AvgIpc) is 2.51. The van der Waals surface area contributed by atoms with Crippen LogP contribution >= 0.6 is 0 Å². The molecule has 0 unspecified atom stereocenters. The number of aromatic nitrogens is 2. The van der Waals surface area contributed by atoms with E-state index in [1.807, 2.05) is 19.9 Å². The standard InChI is InChI=1S/C15H20N4O/c1-3-15(16,4-2)10-19-14(20)11-6-5-7-12-13(11)18-9-8-17-12/h5-9H,3-4,10,16H2,1-2H3,(H,19,20). The smallest absolute Gasteiger partial charge is 0.253 e. The van der Waals surface area contributed by atoms with Crippen molar-refractivity contribution in [3.8, 4) is 0 Å². The Bertz CT molecular complexity index is 602. The van der Waals surface area contributed by atoms with Gasteiger partial charge >= 0.3 is 0 Å². The van der Waals surface area contributed by atoms with Crippen molar-refractivity contribution in [3.63, 3.8) is 0 Å². The summed E-state index contributed by atoms with van der Waals surface area (Å²) in [6, 6.07) is 5.40. The van der Waals surface area contributed by atoms with E-state index in [9.17, 15) is 4.79 Å². The molecule has 1 heterocycles. The SMILES string of the molecule is CCC(N)(CC)CNC(=O)c1cccc2nccnc12. The minimum absolute atomic E-state index is 0.159. The first kappa shape index (κ1) is 14.4. The number of nitrogens with one attached hydrogen (secondary N) is 1. The minimum atomic E-state index is -0.355. The Hall–Kier alpha value is -2.01. The molecule has 0 aliphatic rings. The fourth-order valence-corrected chi connectivity index (χ4v) is 2.03. The van der Waals surface area contributed by atoms with Crippen molar-refractivity contribution in [2.75, 3.05) is 6.54 Å². The maximum atomic E-state index is 12.3. The Labute approximate surface area is 118 Å². The quantitative estimate of drug-likeness (QED) is 0.870. The highest BCUT2D eigenvalue weighted by Crippen LogP contribution is 2.14. The van der Waals surface area contributed by atoms with Crippen LogP contribution in [0.25, 0.3) is 11.0 Å². The van der Waals surface area contributed by atoms with Crippen LogP contribution < -0.4 is 11.1 Å². The van der Waals surface area contributed by atoms with Gasteiger partial charge in [-0.1, -0.05) is 19.9 Å². The maximum absolute atomic E-state index is 12.3. The summed E-state index contributed by atoms with van der Waals surface area (Å²) in [6.07, 6.45) is 4.84. The molecule has 1 aromatic carbocycles. The highest BCUT2D eigenvalue weighted by Gasteiger charge is 2.21. The molecule has 0 spiro atoms. The molecule has 0 radical (unpaired) electrons. The van der Waals surface area contributed by atoms with Gasteiger partial charge in [0.2, 0.25) is 0 Å². The van der Waals surface area contributed by atoms with Gasteiger partial charge in [-0.15, -0.1) is 0 Å². The van der Waals surface area contributed by atoms with E-state index in [0.29, 0.717) is 23.1 Å². The van der Waals surface area contributed by atoms with Crippen LogP contribution in [-0.4, -0.2) is 28.0 Å². The molecule has 0 bridgehead atoms. The molecule has 1 amide bonds. The van der Waals surface area contributed by atoms with Crippen molar-refractivity contribution >= 4 is 16.9 Å². The lowest BCUT2D eigenvalue weighted by Gasteiger charge is -2.26. The first-order valence-electron chi connectivity index (χ1n) is 6.86. The van der Waals surface area contributed by atoms with E-state index < -0.39 is 0 Å². The molecule has 1 aromatic heterocycles. The maximum Gasteiger partial charge on any atom is 0.253 e. The fourth-order valence-electron chi connectivity index (χ4n) is 2.03. The number of hydrogen-bond acceptors (Lipinski definition) is 4. The van der Waals surface area contributed by atoms with Crippen LogP contribution in [0.15, 0.2) is 30.6 Å². The topological polar surface area (TPSA) is 80.9 Å². The summed E-state index contributed by atoms with van der Waals surface area (Å²) >= 11 is 0. The van der Waals surface area contributed by atoms with Crippen molar-refractivity contribution in [1.29, 1.82) is 0 Å². The molecule has 20 heavy (non-hydrogen) atoms. The molecule has 2 aromatic rings. The van der Waals surface area contributed by atoms with E-state index in [1.165, 1.54) is 0 Å². The van der Waals surface area contributed by atoms with Gasteiger partial charge in [-0.3, -0.25) is 14.8 Å². The zero-order chi connectivity index (χ0) is 14.6. The molecule has 106 valence electrons. The summed E-state index contributed by atoms with van der Waals surface area (Å²) in [6.45, 7) is 4.51. The second kappa shape index (κ2) is 5.96. The number of hydrogen-bond donors (Lipinski definition) is 2. The second-order valence-electron chi connectivity index (χ2n) is 4.98. The van der Waals surface area contributed by atoms with E-state index in [2.05, 4.69) is 15.3 Å². The fraction of sp³-hybridized carbons (Fsp3) is 0.400. The number of fused-ring (bicyclic) bond motifs is 1. The largest absolute Gasteiger partial charge is 0.350 e. The first-order valence-corrected chi connectivity index (χ1v) is 6.86. The molecule has 0 aliphatic heterocycles. The predicted octanol–water partition coefficient (Wildman–Crippen LogP) is 1.88. The summed E-state index contributed by atoms with van der Waals surface area (Å²) < 4.78 is 0. The van der Waals surface area contributed by atoms with Crippen LogP contribution in [0.3, 0.4) is 0 Å². The summed E-state index contributed by atoms with van der Waals surface area (Å²) in [5.41, 5.74) is 7.70. The first-order chi connectivity index (χ1) is 9.59. The lowest BCUT2D eigenvalue weighted by molar-refractivity contribution is 0.0943. The third kappa shape index (κ3) is 2.93. The Morgan fingerprint density at radius 1 is 1.25 bits per heavy atom. The van der Waals surface area contributed by atoms with Crippen molar-refractivity contribution in [2.45, 2.75) is 32.2 Å². The highest BCUT2D eigenvalue weighted by molar-refractivity contribution is 6.04. The van der Waals surface area contributed by atoms with E-state index in [4.69, 9.17) is 5.73 Å². The molecular weight excluding hydrogens is 252 g/mol. The van der Waals surface area contributed by atoms with E-state index in [-0.39, 0.29) is 11.4 Å². The molecular formula is C15H20N4O. The van der Waals surface area contributed by atoms with Crippen LogP contribution in [0.1, 0.15) is 37.0 Å². The normalized spacial score (nSPS) is 11.6. The molecule has 3 N–H and O–H groups in total. The van der Waals surface area contributed by atoms with Gasteiger partial charge in [-0.25, -0.2) is 0 Å². The zero-order valence-electron chi connectivity index (χ0n) is 11.9. The third-order valence-corrected chi connectivity index (χ3v) is 3.75. The Morgan fingerprint density at radius 2 is 1.95 bits per heavy atom. The van der Waals surface area contributed by atoms with E-state index in [0.717, 1.165) is 12.8 Å². The molecule has 0 aliphatic carbocycles. The number of nitrogens with zero attached hydrogens (tertiary/aromatic N) is 2. The number of para-hydroxylation sites is 1. The van der Waals surface area contributed by atoms with Gasteiger partial charge in [0.25, 0.3) is 5.91 Å². The van der Waals surface area contributed by atoms with Gasteiger partial charge in [0.05, 0.1) is 11.1 Å². The molecule has 0 saturated heterocycles. The lowest BCUT2D eigenvalue weighted by Crippen LogP contribution is -2.49. The summed E-state index contributed by atoms with van der Waals surface area (Å²) in [7, 11) is 0. The van der Waals surface area contributed by atoms with Crippen LogP contribution in [0.4, 0.5) is 0 Å². The summed E-state index contributed by atoms with van der Waals surface area (Å²) in [4.78, 5) is 20.7. The average molecular weight is 272 g/mol. The lowest BCUT2D eigenvalue weighted by atomic mass is 9.94. The van der Waals surface area contributed by atoms with Crippen LogP contribution in [0, 0.1) is 0 Å². The molecule has 0 saturated carbocycles. The summed E-state index contributed by atoms with van der Waals surface area (Å²) in [5.74, 6) is -0.159. The van der Waals surface area contributed by atoms with Gasteiger partial charge in [0, 0.05) is 24.5 Å². The molecule has 0 atom stereocenters. The Balaban J connectivity index is 2.20. The van der Waals surface area contributed by atoms with Crippen LogP contribution in [0.2, 0.25) is 0 Å². The number of rotatable bonds is 5. The van der Waals surface area contributed by atoms with Crippen molar-refractivity contribution in [3.05, 3.63) is 36.2 Å². The van der Waals surface area contributed by atoms with Crippen molar-refractivity contribution < 1.29 is 4.79 Å². The van der Waals surface area contributed by atoms with Crippen LogP contribution in [-0.2, 0) is 0 Å². The van der Waals surface area contributed by atoms with Gasteiger partial charge in [0.15, 0.2) is 0 Å². The number of amides is 1. The molecule has 5 heteroatoms. The predicted molar refractivity (Wildman–Crippen MR) is 79.4 cm³/mol. The minimum Gasteiger partial charge on any atom is -0.350 e. The monoisotopic (exact) mass is 272 g/mol. The van der Waals surface area contributed by atoms with Gasteiger partial charge in [0.1, 0.15) is 5.52 Å². The second-order valence-corrected chi connectivity index (χ2v) is 4.98. The highest BCUT2D eigenvalue weighted by atomic mass is 16.1. The third-order valence-electron chi connectivity index (χ3n) is 3.75. The number of carbonyl (C=O) groups is 1. The molecule has 2 rings (SSSR count). The van der Waals surface area contributed by atoms with E-state index in [1.54, 1.807) is 24.5 Å². The van der Waals surface area contributed by atoms with Crippen molar-refractivity contribution in [2.24, 2.45) is 5.73 Å². The number of benzene rings is 1. The zero-order valence-corrected chi connectivity index (χ0v) is 11.9. The Morgan fingerprint density at radius 3 is 2.65 bits per heavy atom. The van der Waals surface area contributed by atoms with Crippen molar-refractivity contribution in [1.82, 2.24) is 15.3 Å². The number of nitrogens with two attached hydrogens (primary N) is 1. The molecule has 5 nitrogen and oxygen atoms in total. The van der Waals surface area contributed by atoms with Gasteiger partial charge < -0.3 is 11.1 Å². The van der Waals surface area contributed by atoms with Gasteiger partial charge in [-0.05, 0) is 25.0 Å². The molecule has 0 fully saturated rings. The number of carbonyl (C=O) groups excluding carboxylic acids is 1. The van der Waals surface area contributed by atoms with Gasteiger partial charge in [-0.2, -0.15) is 0 Å². The Kier molecular flexibility index (Phi) is 4.29. The van der Waals surface area contributed by atoms with E-state index >= 15 is 0 Å². The summed E-state index contributed by atoms with van der Waals surface area (Å²) in [5, 5.41) is 2.90.